The number of halogens is 7. The van der Waals surface area contributed by atoms with Crippen LogP contribution in [0.2, 0.25) is 0 Å². The number of carbonyl (C=O) groups is 4. The Morgan fingerprint density at radius 2 is 1.09 bits per heavy atom. The number of alkyl halides is 6. The fourth-order valence-corrected chi connectivity index (χ4v) is 8.04. The van der Waals surface area contributed by atoms with Gasteiger partial charge in [0.25, 0.3) is 11.8 Å². The third-order valence-corrected chi connectivity index (χ3v) is 10.9. The highest BCUT2D eigenvalue weighted by Gasteiger charge is 2.49. The van der Waals surface area contributed by atoms with E-state index in [9.17, 15) is 45.5 Å². The third-order valence-electron chi connectivity index (χ3n) is 10.8. The smallest absolute Gasteiger partial charge is 0.416 e. The Morgan fingerprint density at radius 1 is 0.672 bits per heavy atom. The lowest BCUT2D eigenvalue weighted by atomic mass is 9.88. The summed E-state index contributed by atoms with van der Waals surface area (Å²) in [5, 5.41) is 2.11. The van der Waals surface area contributed by atoms with Gasteiger partial charge in [-0.3, -0.25) is 29.2 Å². The van der Waals surface area contributed by atoms with Gasteiger partial charge in [0.15, 0.2) is 0 Å². The van der Waals surface area contributed by atoms with Crippen LogP contribution in [0.1, 0.15) is 86.5 Å². The van der Waals surface area contributed by atoms with E-state index in [1.165, 1.54) is 41.2 Å². The molecule has 2 aliphatic carbocycles. The van der Waals surface area contributed by atoms with Crippen LogP contribution in [0, 0.1) is 0 Å². The van der Waals surface area contributed by atoms with Gasteiger partial charge in [-0.05, 0) is 99.4 Å². The number of nitrogens with one attached hydrogen (secondary N) is 1. The van der Waals surface area contributed by atoms with Crippen LogP contribution in [0.25, 0.3) is 0 Å². The van der Waals surface area contributed by atoms with Crippen molar-refractivity contribution in [1.82, 2.24) is 9.80 Å². The summed E-state index contributed by atoms with van der Waals surface area (Å²) >= 11 is 5.48. The molecule has 17 heteroatoms. The van der Waals surface area contributed by atoms with Crippen molar-refractivity contribution in [1.29, 1.82) is 0 Å². The first-order valence-electron chi connectivity index (χ1n) is 18.8. The lowest BCUT2D eigenvalue weighted by molar-refractivity contribution is -0.138. The molecule has 2 spiro atoms. The molecule has 2 heterocycles. The van der Waals surface area contributed by atoms with Gasteiger partial charge in [0.1, 0.15) is 35.0 Å². The lowest BCUT2D eigenvalue weighted by Gasteiger charge is -2.38. The Hall–Kier alpha value is -5.25. The van der Waals surface area contributed by atoms with E-state index in [0.29, 0.717) is 48.2 Å². The molecule has 2 saturated carbocycles. The molecule has 2 aliphatic heterocycles. The molecule has 0 bridgehead atoms. The SMILES string of the molecule is COc1ccccc1NC(=O)CN1C(=O)C(c2ccc(C(F)(F)F)cc2)=NC12CCCCC2.O=C(Cl)CN1C(=O)C(c2ccc(C(F)(F)F)cc2)=NC12CCCCC2. The number of ether oxygens (including phenoxy) is 1. The average Bonchev–Trinajstić information content (AvgIpc) is 3.59. The van der Waals surface area contributed by atoms with Gasteiger partial charge in [-0.1, -0.05) is 49.2 Å². The maximum atomic E-state index is 13.3. The van der Waals surface area contributed by atoms with Crippen molar-refractivity contribution in [3.63, 3.8) is 0 Å². The maximum absolute atomic E-state index is 13.3. The number of amides is 3. The molecular formula is C41H40ClF6N5O5. The predicted octanol–water partition coefficient (Wildman–Crippen LogP) is 8.41. The minimum Gasteiger partial charge on any atom is -0.495 e. The van der Waals surface area contributed by atoms with Crippen LogP contribution in [-0.4, -0.2) is 75.7 Å². The van der Waals surface area contributed by atoms with E-state index in [1.807, 2.05) is 0 Å². The molecule has 2 fully saturated rings. The van der Waals surface area contributed by atoms with Crippen molar-refractivity contribution in [2.45, 2.75) is 87.9 Å². The molecule has 1 N–H and O–H groups in total. The highest BCUT2D eigenvalue weighted by atomic mass is 35.5. The number of nitrogens with zero attached hydrogens (tertiary/aromatic N) is 4. The second-order valence-electron chi connectivity index (χ2n) is 14.5. The highest BCUT2D eigenvalue weighted by Crippen LogP contribution is 2.42. The number of benzene rings is 3. The van der Waals surface area contributed by atoms with Crippen molar-refractivity contribution in [2.75, 3.05) is 25.5 Å². The lowest BCUT2D eigenvalue weighted by Crippen LogP contribution is -2.51. The van der Waals surface area contributed by atoms with Crippen LogP contribution in [-0.2, 0) is 31.5 Å². The first-order valence-corrected chi connectivity index (χ1v) is 19.1. The Kier molecular flexibility index (Phi) is 12.4. The monoisotopic (exact) mass is 831 g/mol. The summed E-state index contributed by atoms with van der Waals surface area (Å²) in [6.07, 6.45) is -1.02. The number of methoxy groups -OCH3 is 1. The van der Waals surface area contributed by atoms with Crippen molar-refractivity contribution in [2.24, 2.45) is 9.98 Å². The van der Waals surface area contributed by atoms with E-state index in [-0.39, 0.29) is 24.5 Å². The van der Waals surface area contributed by atoms with Gasteiger partial charge in [-0.15, -0.1) is 0 Å². The fourth-order valence-electron chi connectivity index (χ4n) is 7.92. The summed E-state index contributed by atoms with van der Waals surface area (Å²) in [5.74, 6) is -0.822. The van der Waals surface area contributed by atoms with E-state index in [4.69, 9.17) is 21.3 Å². The fraction of sp³-hybridized carbons (Fsp3) is 0.415. The Balaban J connectivity index is 0.000000203. The number of rotatable bonds is 8. The zero-order valence-corrected chi connectivity index (χ0v) is 32.1. The number of hydrogen-bond donors (Lipinski definition) is 1. The second kappa shape index (κ2) is 16.9. The molecule has 3 aromatic rings. The van der Waals surface area contributed by atoms with Gasteiger partial charge in [0.2, 0.25) is 11.1 Å². The Morgan fingerprint density at radius 3 is 1.48 bits per heavy atom. The summed E-state index contributed by atoms with van der Waals surface area (Å²) < 4.78 is 82.2. The summed E-state index contributed by atoms with van der Waals surface area (Å²) in [6.45, 7) is -0.474. The van der Waals surface area contributed by atoms with Gasteiger partial charge in [-0.25, -0.2) is 0 Å². The van der Waals surface area contributed by atoms with E-state index < -0.39 is 57.8 Å². The number of para-hydroxylation sites is 2. The molecule has 308 valence electrons. The number of carbonyl (C=O) groups excluding carboxylic acids is 4. The molecule has 7 rings (SSSR count). The molecule has 10 nitrogen and oxygen atoms in total. The average molecular weight is 832 g/mol. The topological polar surface area (TPSA) is 121 Å². The Bertz CT molecular complexity index is 2090. The molecule has 3 amide bonds. The van der Waals surface area contributed by atoms with Crippen molar-refractivity contribution in [3.05, 3.63) is 95.1 Å². The van der Waals surface area contributed by atoms with Crippen LogP contribution in [0.4, 0.5) is 32.0 Å². The quantitative estimate of drug-likeness (QED) is 0.181. The van der Waals surface area contributed by atoms with Crippen LogP contribution in [0.3, 0.4) is 0 Å². The van der Waals surface area contributed by atoms with Crippen molar-refractivity contribution in [3.8, 4) is 5.75 Å². The number of anilines is 1. The molecule has 0 aromatic heterocycles. The molecule has 0 atom stereocenters. The standard InChI is InChI=1S/C24H24F3N3O3.C17H16ClF3N2O2/c1-33-19-8-4-3-7-18(19)28-20(31)15-30-22(32)21(29-23(30)13-5-2-6-14-23)16-9-11-17(12-10-16)24(25,26)27;18-13(24)10-23-15(25)14(22-16(23)8-2-1-3-9-16)11-4-6-12(7-5-11)17(19,20)21/h3-4,7-12H,2,5-6,13-15H2,1H3,(H,28,31);4-7H,1-3,8-10H2. The largest absolute Gasteiger partial charge is 0.495 e. The maximum Gasteiger partial charge on any atom is 0.416 e. The zero-order chi connectivity index (χ0) is 41.9. The van der Waals surface area contributed by atoms with Crippen LogP contribution in [0.15, 0.2) is 82.8 Å². The predicted molar refractivity (Wildman–Crippen MR) is 204 cm³/mol. The molecule has 0 unspecified atom stereocenters. The third kappa shape index (κ3) is 9.06. The summed E-state index contributed by atoms with van der Waals surface area (Å²) in [6, 6.07) is 15.7. The second-order valence-corrected chi connectivity index (χ2v) is 15.0. The highest BCUT2D eigenvalue weighted by molar-refractivity contribution is 6.64. The molecule has 0 radical (unpaired) electrons. The van der Waals surface area contributed by atoms with Gasteiger partial charge in [0, 0.05) is 11.1 Å². The Labute approximate surface area is 335 Å². The normalized spacial score (nSPS) is 18.8. The van der Waals surface area contributed by atoms with Crippen molar-refractivity contribution < 1.29 is 50.3 Å². The molecule has 3 aromatic carbocycles. The zero-order valence-electron chi connectivity index (χ0n) is 31.4. The molecule has 4 aliphatic rings. The summed E-state index contributed by atoms with van der Waals surface area (Å²) in [7, 11) is 1.50. The first-order chi connectivity index (χ1) is 27.5. The van der Waals surface area contributed by atoms with Gasteiger partial charge >= 0.3 is 12.4 Å². The molecule has 58 heavy (non-hydrogen) atoms. The molecule has 0 saturated heterocycles. The summed E-state index contributed by atoms with van der Waals surface area (Å²) in [4.78, 5) is 62.4. The van der Waals surface area contributed by atoms with Gasteiger partial charge in [-0.2, -0.15) is 26.3 Å². The van der Waals surface area contributed by atoms with E-state index >= 15 is 0 Å². The first kappa shape index (κ1) is 42.4. The molecular weight excluding hydrogens is 792 g/mol. The minimum absolute atomic E-state index is 0.0912. The van der Waals surface area contributed by atoms with E-state index in [0.717, 1.165) is 62.8 Å². The van der Waals surface area contributed by atoms with Crippen molar-refractivity contribution >= 4 is 51.7 Å². The minimum atomic E-state index is -4.47. The van der Waals surface area contributed by atoms with Crippen LogP contribution < -0.4 is 10.1 Å². The number of hydrogen-bond acceptors (Lipinski definition) is 7. The van der Waals surface area contributed by atoms with Crippen LogP contribution >= 0.6 is 11.6 Å². The summed E-state index contributed by atoms with van der Waals surface area (Å²) in [5.41, 5.74) is -1.95. The number of aliphatic imine (C=N–C) groups is 2. The van der Waals surface area contributed by atoms with Gasteiger partial charge in [0.05, 0.1) is 30.5 Å². The van der Waals surface area contributed by atoms with Crippen LogP contribution in [0.5, 0.6) is 5.75 Å². The van der Waals surface area contributed by atoms with E-state index in [1.54, 1.807) is 24.3 Å². The van der Waals surface area contributed by atoms with E-state index in [2.05, 4.69) is 10.3 Å². The van der Waals surface area contributed by atoms with Gasteiger partial charge < -0.3 is 19.9 Å².